The molecular weight excluding hydrogens is 473 g/mol. The number of rotatable bonds is 6. The molecule has 0 amide bonds. The lowest BCUT2D eigenvalue weighted by molar-refractivity contribution is 0.0341. The van der Waals surface area contributed by atoms with E-state index in [0.717, 1.165) is 50.4 Å². The molecule has 0 aliphatic carbocycles. The molecule has 148 valence electrons. The summed E-state index contributed by atoms with van der Waals surface area (Å²) in [6.45, 7) is 8.12. The van der Waals surface area contributed by atoms with Gasteiger partial charge in [0.05, 0.1) is 19.8 Å². The Bertz CT molecular complexity index is 730. The normalized spacial score (nSPS) is 15.3. The van der Waals surface area contributed by atoms with Crippen LogP contribution in [0.4, 0.5) is 0 Å². The van der Waals surface area contributed by atoms with E-state index < -0.39 is 0 Å². The predicted molar refractivity (Wildman–Crippen MR) is 122 cm³/mol. The predicted octanol–water partition coefficient (Wildman–Crippen LogP) is 2.77. The molecule has 27 heavy (non-hydrogen) atoms. The molecule has 2 aromatic rings. The van der Waals surface area contributed by atoms with Gasteiger partial charge in [-0.2, -0.15) is 0 Å². The van der Waals surface area contributed by atoms with Crippen molar-refractivity contribution in [1.29, 1.82) is 0 Å². The number of thiazole rings is 1. The first kappa shape index (κ1) is 22.1. The number of aliphatic imine (C=N–C) groups is 1. The molecular formula is C19H28IN5OS. The second kappa shape index (κ2) is 11.6. The Kier molecular flexibility index (Phi) is 9.46. The molecule has 1 aromatic carbocycles. The quantitative estimate of drug-likeness (QED) is 0.362. The molecule has 1 saturated heterocycles. The molecule has 0 saturated carbocycles. The fraction of sp³-hybridized carbons (Fsp3) is 0.474. The van der Waals surface area contributed by atoms with Crippen LogP contribution in [0.15, 0.2) is 35.5 Å². The van der Waals surface area contributed by atoms with Crippen molar-refractivity contribution in [2.45, 2.75) is 26.6 Å². The van der Waals surface area contributed by atoms with Crippen LogP contribution >= 0.6 is 35.3 Å². The molecule has 0 bridgehead atoms. The third-order valence-electron chi connectivity index (χ3n) is 4.36. The van der Waals surface area contributed by atoms with Crippen molar-refractivity contribution in [3.63, 3.8) is 0 Å². The van der Waals surface area contributed by atoms with Crippen molar-refractivity contribution in [3.8, 4) is 0 Å². The van der Waals surface area contributed by atoms with Crippen LogP contribution in [-0.2, 0) is 24.4 Å². The number of nitrogens with zero attached hydrogens (tertiary/aromatic N) is 3. The van der Waals surface area contributed by atoms with E-state index in [0.29, 0.717) is 6.54 Å². The van der Waals surface area contributed by atoms with Crippen LogP contribution in [0.5, 0.6) is 0 Å². The maximum atomic E-state index is 5.44. The molecule has 2 N–H and O–H groups in total. The van der Waals surface area contributed by atoms with Crippen LogP contribution in [0.2, 0.25) is 0 Å². The number of halogens is 1. The van der Waals surface area contributed by atoms with E-state index in [9.17, 15) is 0 Å². The maximum absolute atomic E-state index is 5.44. The highest BCUT2D eigenvalue weighted by Crippen LogP contribution is 2.13. The fourth-order valence-corrected chi connectivity index (χ4v) is 3.65. The summed E-state index contributed by atoms with van der Waals surface area (Å²) in [7, 11) is 1.79. The van der Waals surface area contributed by atoms with E-state index in [1.165, 1.54) is 16.0 Å². The molecule has 0 atom stereocenters. The van der Waals surface area contributed by atoms with Crippen LogP contribution in [-0.4, -0.2) is 49.2 Å². The summed E-state index contributed by atoms with van der Waals surface area (Å²) < 4.78 is 5.44. The van der Waals surface area contributed by atoms with Crippen molar-refractivity contribution in [1.82, 2.24) is 20.5 Å². The Morgan fingerprint density at radius 3 is 2.56 bits per heavy atom. The minimum Gasteiger partial charge on any atom is -0.379 e. The average molecular weight is 501 g/mol. The van der Waals surface area contributed by atoms with Gasteiger partial charge in [0.15, 0.2) is 5.96 Å². The highest BCUT2D eigenvalue weighted by atomic mass is 127. The topological polar surface area (TPSA) is 61.8 Å². The van der Waals surface area contributed by atoms with Crippen molar-refractivity contribution < 1.29 is 4.74 Å². The number of morpholine rings is 1. The first-order valence-corrected chi connectivity index (χ1v) is 9.79. The van der Waals surface area contributed by atoms with Crippen LogP contribution in [0.3, 0.4) is 0 Å². The number of nitrogens with one attached hydrogen (secondary N) is 2. The molecule has 8 heteroatoms. The number of aromatic nitrogens is 1. The number of hydrogen-bond donors (Lipinski definition) is 2. The van der Waals surface area contributed by atoms with Gasteiger partial charge in [-0.1, -0.05) is 24.3 Å². The lowest BCUT2D eigenvalue weighted by atomic mass is 10.1. The summed E-state index contributed by atoms with van der Waals surface area (Å²) in [5.41, 5.74) is 2.65. The van der Waals surface area contributed by atoms with E-state index in [-0.39, 0.29) is 24.0 Å². The zero-order chi connectivity index (χ0) is 18.2. The summed E-state index contributed by atoms with van der Waals surface area (Å²) in [6, 6.07) is 8.59. The van der Waals surface area contributed by atoms with Gasteiger partial charge < -0.3 is 15.4 Å². The second-order valence-electron chi connectivity index (χ2n) is 6.30. The molecule has 1 aliphatic heterocycles. The van der Waals surface area contributed by atoms with Crippen molar-refractivity contribution in [2.75, 3.05) is 33.4 Å². The van der Waals surface area contributed by atoms with Crippen molar-refractivity contribution in [3.05, 3.63) is 51.5 Å². The first-order valence-electron chi connectivity index (χ1n) is 8.97. The van der Waals surface area contributed by atoms with Gasteiger partial charge in [0, 0.05) is 44.3 Å². The lowest BCUT2D eigenvalue weighted by Gasteiger charge is -2.27. The standard InChI is InChI=1S/C19H27N5OS.HI/c1-15-11-21-18(26-15)13-23-19(20-2)22-12-16-5-3-4-6-17(16)14-24-7-9-25-10-8-24;/h3-6,11H,7-10,12-14H2,1-2H3,(H2,20,22,23);1H. The molecule has 3 rings (SSSR count). The number of ether oxygens (including phenoxy) is 1. The Hall–Kier alpha value is -1.23. The highest BCUT2D eigenvalue weighted by Gasteiger charge is 2.12. The molecule has 0 radical (unpaired) electrons. The van der Waals surface area contributed by atoms with E-state index in [4.69, 9.17) is 4.74 Å². The Labute approximate surface area is 182 Å². The Morgan fingerprint density at radius 1 is 1.19 bits per heavy atom. The van der Waals surface area contributed by atoms with Crippen LogP contribution < -0.4 is 10.6 Å². The van der Waals surface area contributed by atoms with E-state index >= 15 is 0 Å². The summed E-state index contributed by atoms with van der Waals surface area (Å²) in [5.74, 6) is 0.791. The van der Waals surface area contributed by atoms with Gasteiger partial charge >= 0.3 is 0 Å². The average Bonchev–Trinajstić information content (AvgIpc) is 3.09. The smallest absolute Gasteiger partial charge is 0.191 e. The lowest BCUT2D eigenvalue weighted by Crippen LogP contribution is -2.37. The highest BCUT2D eigenvalue weighted by molar-refractivity contribution is 14.0. The molecule has 6 nitrogen and oxygen atoms in total. The van der Waals surface area contributed by atoms with Crippen LogP contribution in [0.25, 0.3) is 0 Å². The van der Waals surface area contributed by atoms with E-state index in [1.807, 2.05) is 6.20 Å². The Morgan fingerprint density at radius 2 is 1.89 bits per heavy atom. The monoisotopic (exact) mass is 501 g/mol. The minimum atomic E-state index is 0. The first-order chi connectivity index (χ1) is 12.7. The maximum Gasteiger partial charge on any atom is 0.191 e. The third kappa shape index (κ3) is 7.02. The van der Waals surface area contributed by atoms with Crippen molar-refractivity contribution >= 4 is 41.3 Å². The second-order valence-corrected chi connectivity index (χ2v) is 7.62. The Balaban J connectivity index is 0.00000261. The summed E-state index contributed by atoms with van der Waals surface area (Å²) in [5, 5.41) is 7.81. The van der Waals surface area contributed by atoms with Gasteiger partial charge in [-0.15, -0.1) is 35.3 Å². The molecule has 1 aromatic heterocycles. The van der Waals surface area contributed by atoms with Crippen LogP contribution in [0, 0.1) is 6.92 Å². The van der Waals surface area contributed by atoms with Gasteiger partial charge in [0.2, 0.25) is 0 Å². The number of hydrogen-bond acceptors (Lipinski definition) is 5. The van der Waals surface area contributed by atoms with Crippen LogP contribution in [0.1, 0.15) is 21.0 Å². The molecule has 0 unspecified atom stereocenters. The summed E-state index contributed by atoms with van der Waals surface area (Å²) >= 11 is 1.70. The van der Waals surface area contributed by atoms with Gasteiger partial charge in [-0.05, 0) is 18.1 Å². The minimum absolute atomic E-state index is 0. The number of guanidine groups is 1. The zero-order valence-corrected chi connectivity index (χ0v) is 19.0. The molecule has 0 spiro atoms. The van der Waals surface area contributed by atoms with Gasteiger partial charge in [0.25, 0.3) is 0 Å². The number of benzene rings is 1. The zero-order valence-electron chi connectivity index (χ0n) is 15.9. The summed E-state index contributed by atoms with van der Waals surface area (Å²) in [6.07, 6.45) is 1.90. The van der Waals surface area contributed by atoms with Crippen molar-refractivity contribution in [2.24, 2.45) is 4.99 Å². The molecule has 1 aliphatic rings. The van der Waals surface area contributed by atoms with Gasteiger partial charge in [0.1, 0.15) is 5.01 Å². The van der Waals surface area contributed by atoms with E-state index in [2.05, 4.69) is 56.7 Å². The molecule has 1 fully saturated rings. The van der Waals surface area contributed by atoms with E-state index in [1.54, 1.807) is 18.4 Å². The SMILES string of the molecule is CN=C(NCc1ncc(C)s1)NCc1ccccc1CN1CCOCC1.I. The molecule has 2 heterocycles. The largest absolute Gasteiger partial charge is 0.379 e. The summed E-state index contributed by atoms with van der Waals surface area (Å²) in [4.78, 5) is 12.4. The van der Waals surface area contributed by atoms with Gasteiger partial charge in [-0.25, -0.2) is 4.98 Å². The number of aryl methyl sites for hydroxylation is 1. The fourth-order valence-electron chi connectivity index (χ4n) is 2.93. The van der Waals surface area contributed by atoms with Gasteiger partial charge in [-0.3, -0.25) is 9.89 Å². The third-order valence-corrected chi connectivity index (χ3v) is 5.27.